The van der Waals surface area contributed by atoms with Gasteiger partial charge < -0.3 is 10.6 Å². The molecule has 2 N–H and O–H groups in total. The minimum absolute atomic E-state index is 0.0641. The highest BCUT2D eigenvalue weighted by atomic mass is 32.1. The summed E-state index contributed by atoms with van der Waals surface area (Å²) in [5.74, 6) is 0.0990. The van der Waals surface area contributed by atoms with E-state index in [4.69, 9.17) is 5.73 Å². The van der Waals surface area contributed by atoms with Gasteiger partial charge in [-0.25, -0.2) is 0 Å². The van der Waals surface area contributed by atoms with Gasteiger partial charge in [0.05, 0.1) is 0 Å². The normalized spacial score (nSPS) is 21.0. The lowest BCUT2D eigenvalue weighted by molar-refractivity contribution is -0.143. The molecule has 1 fully saturated rings. The van der Waals surface area contributed by atoms with E-state index >= 15 is 0 Å². The molecule has 0 radical (unpaired) electrons. The van der Waals surface area contributed by atoms with Crippen molar-refractivity contribution in [3.05, 3.63) is 21.9 Å². The van der Waals surface area contributed by atoms with Gasteiger partial charge in [-0.2, -0.15) is 0 Å². The fourth-order valence-corrected chi connectivity index (χ4v) is 3.86. The Morgan fingerprint density at radius 1 is 1.60 bits per heavy atom. The summed E-state index contributed by atoms with van der Waals surface area (Å²) in [5, 5.41) is 2.15. The summed E-state index contributed by atoms with van der Waals surface area (Å²) >= 11 is 1.77. The van der Waals surface area contributed by atoms with Gasteiger partial charge in [-0.3, -0.25) is 9.59 Å². The van der Waals surface area contributed by atoms with Crippen LogP contribution in [0.4, 0.5) is 0 Å². The Kier molecular flexibility index (Phi) is 4.81. The largest absolute Gasteiger partial charge is 0.368 e. The molecule has 2 heterocycles. The third kappa shape index (κ3) is 3.39. The van der Waals surface area contributed by atoms with Crippen LogP contribution < -0.4 is 5.73 Å². The molecule has 0 aromatic carbocycles. The lowest BCUT2D eigenvalue weighted by Crippen LogP contribution is -2.51. The molecule has 2 unspecified atom stereocenters. The summed E-state index contributed by atoms with van der Waals surface area (Å²) in [6.45, 7) is 4.64. The monoisotopic (exact) mass is 294 g/mol. The first kappa shape index (κ1) is 15.0. The molecule has 2 amide bonds. The molecule has 0 spiro atoms. The fourth-order valence-electron chi connectivity index (χ4n) is 2.87. The molecule has 4 nitrogen and oxygen atoms in total. The summed E-state index contributed by atoms with van der Waals surface area (Å²) in [7, 11) is 0. The van der Waals surface area contributed by atoms with Gasteiger partial charge in [0.1, 0.15) is 6.04 Å². The van der Waals surface area contributed by atoms with Gasteiger partial charge in [-0.05, 0) is 49.1 Å². The smallest absolute Gasteiger partial charge is 0.240 e. The molecule has 20 heavy (non-hydrogen) atoms. The molecule has 1 aliphatic heterocycles. The predicted octanol–water partition coefficient (Wildman–Crippen LogP) is 2.10. The number of nitrogens with two attached hydrogens (primary N) is 1. The second-order valence-corrected chi connectivity index (χ2v) is 6.57. The first-order valence-electron chi connectivity index (χ1n) is 7.14. The lowest BCUT2D eigenvalue weighted by atomic mass is 9.92. The van der Waals surface area contributed by atoms with E-state index in [1.807, 2.05) is 6.92 Å². The molecule has 0 aliphatic carbocycles. The summed E-state index contributed by atoms with van der Waals surface area (Å²) < 4.78 is 0. The van der Waals surface area contributed by atoms with Crippen molar-refractivity contribution in [3.63, 3.8) is 0 Å². The number of hydrogen-bond acceptors (Lipinski definition) is 3. The Labute approximate surface area is 124 Å². The van der Waals surface area contributed by atoms with Crippen molar-refractivity contribution in [1.82, 2.24) is 4.90 Å². The SMILES string of the molecule is CCC(C(N)=O)N1CC(Cc2cc(C)cs2)CCC1=O. The van der Waals surface area contributed by atoms with Crippen LogP contribution in [0.5, 0.6) is 0 Å². The number of carbonyl (C=O) groups excluding carboxylic acids is 2. The quantitative estimate of drug-likeness (QED) is 0.904. The van der Waals surface area contributed by atoms with Gasteiger partial charge >= 0.3 is 0 Å². The molecular formula is C15H22N2O2S. The van der Waals surface area contributed by atoms with Gasteiger partial charge in [0.2, 0.25) is 11.8 Å². The lowest BCUT2D eigenvalue weighted by Gasteiger charge is -2.36. The first-order valence-corrected chi connectivity index (χ1v) is 8.02. The van der Waals surface area contributed by atoms with Crippen LogP contribution in [-0.4, -0.2) is 29.3 Å². The molecule has 1 aromatic heterocycles. The fraction of sp³-hybridized carbons (Fsp3) is 0.600. The minimum atomic E-state index is -0.449. The Morgan fingerprint density at radius 3 is 2.90 bits per heavy atom. The number of thiophene rings is 1. The van der Waals surface area contributed by atoms with Gasteiger partial charge in [-0.1, -0.05) is 6.92 Å². The number of nitrogens with zero attached hydrogens (tertiary/aromatic N) is 1. The molecule has 1 saturated heterocycles. The molecule has 0 bridgehead atoms. The van der Waals surface area contributed by atoms with Crippen molar-refractivity contribution in [2.24, 2.45) is 11.7 Å². The Hall–Kier alpha value is -1.36. The zero-order valence-electron chi connectivity index (χ0n) is 12.1. The van der Waals surface area contributed by atoms with E-state index in [1.165, 1.54) is 10.4 Å². The topological polar surface area (TPSA) is 63.4 Å². The highest BCUT2D eigenvalue weighted by molar-refractivity contribution is 7.10. The Balaban J connectivity index is 2.03. The van der Waals surface area contributed by atoms with E-state index in [2.05, 4.69) is 18.4 Å². The summed E-state index contributed by atoms with van der Waals surface area (Å²) in [6, 6.07) is 1.76. The Morgan fingerprint density at radius 2 is 2.35 bits per heavy atom. The van der Waals surface area contributed by atoms with Crippen molar-refractivity contribution in [3.8, 4) is 0 Å². The predicted molar refractivity (Wildman–Crippen MR) is 80.5 cm³/mol. The van der Waals surface area contributed by atoms with Gasteiger partial charge in [0.25, 0.3) is 0 Å². The van der Waals surface area contributed by atoms with Crippen molar-refractivity contribution in [2.75, 3.05) is 6.54 Å². The van der Waals surface area contributed by atoms with E-state index in [9.17, 15) is 9.59 Å². The van der Waals surface area contributed by atoms with Crippen molar-refractivity contribution >= 4 is 23.2 Å². The molecule has 2 rings (SSSR count). The molecule has 0 saturated carbocycles. The number of primary amides is 1. The number of likely N-dealkylation sites (tertiary alicyclic amines) is 1. The second-order valence-electron chi connectivity index (χ2n) is 5.57. The van der Waals surface area contributed by atoms with Gasteiger partial charge in [0.15, 0.2) is 0 Å². The number of amides is 2. The van der Waals surface area contributed by atoms with Crippen LogP contribution in [0.25, 0.3) is 0 Å². The molecule has 5 heteroatoms. The number of piperidine rings is 1. The van der Waals surface area contributed by atoms with Crippen LogP contribution in [0, 0.1) is 12.8 Å². The summed E-state index contributed by atoms with van der Waals surface area (Å²) in [5.41, 5.74) is 6.70. The highest BCUT2D eigenvalue weighted by Crippen LogP contribution is 2.26. The average molecular weight is 294 g/mol. The third-order valence-corrected chi connectivity index (χ3v) is 4.98. The zero-order valence-corrected chi connectivity index (χ0v) is 12.9. The average Bonchev–Trinajstić information content (AvgIpc) is 2.79. The van der Waals surface area contributed by atoms with E-state index < -0.39 is 11.9 Å². The summed E-state index contributed by atoms with van der Waals surface area (Å²) in [6.07, 6.45) is 3.00. The van der Waals surface area contributed by atoms with Crippen LogP contribution in [-0.2, 0) is 16.0 Å². The number of aryl methyl sites for hydroxylation is 1. The zero-order chi connectivity index (χ0) is 14.7. The van der Waals surface area contributed by atoms with Crippen LogP contribution in [0.3, 0.4) is 0 Å². The second kappa shape index (κ2) is 6.39. The van der Waals surface area contributed by atoms with Crippen molar-refractivity contribution in [1.29, 1.82) is 0 Å². The highest BCUT2D eigenvalue weighted by Gasteiger charge is 2.32. The third-order valence-electron chi connectivity index (χ3n) is 3.91. The maximum Gasteiger partial charge on any atom is 0.240 e. The number of carbonyl (C=O) groups is 2. The number of hydrogen-bond donors (Lipinski definition) is 1. The van der Waals surface area contributed by atoms with Crippen LogP contribution in [0.1, 0.15) is 36.6 Å². The molecule has 110 valence electrons. The molecule has 1 aromatic rings. The maximum absolute atomic E-state index is 12.0. The van der Waals surface area contributed by atoms with Crippen LogP contribution in [0.15, 0.2) is 11.4 Å². The van der Waals surface area contributed by atoms with Crippen LogP contribution in [0.2, 0.25) is 0 Å². The standard InChI is InChI=1S/C15H22N2O2S/c1-3-13(15(16)19)17-8-11(4-5-14(17)18)7-12-6-10(2)9-20-12/h6,9,11,13H,3-5,7-8H2,1-2H3,(H2,16,19). The number of rotatable bonds is 5. The van der Waals surface area contributed by atoms with Gasteiger partial charge in [0, 0.05) is 17.8 Å². The van der Waals surface area contributed by atoms with E-state index in [-0.39, 0.29) is 5.91 Å². The van der Waals surface area contributed by atoms with E-state index in [1.54, 1.807) is 16.2 Å². The summed E-state index contributed by atoms with van der Waals surface area (Å²) in [4.78, 5) is 26.5. The van der Waals surface area contributed by atoms with Gasteiger partial charge in [-0.15, -0.1) is 11.3 Å². The first-order chi connectivity index (χ1) is 9.51. The maximum atomic E-state index is 12.0. The van der Waals surface area contributed by atoms with Crippen LogP contribution >= 0.6 is 11.3 Å². The molecule has 2 atom stereocenters. The Bertz CT molecular complexity index is 498. The van der Waals surface area contributed by atoms with E-state index in [0.717, 1.165) is 12.8 Å². The minimum Gasteiger partial charge on any atom is -0.368 e. The molecular weight excluding hydrogens is 272 g/mol. The van der Waals surface area contributed by atoms with E-state index in [0.29, 0.717) is 25.3 Å². The van der Waals surface area contributed by atoms with Crippen molar-refractivity contribution < 1.29 is 9.59 Å². The van der Waals surface area contributed by atoms with Crippen molar-refractivity contribution in [2.45, 2.75) is 45.6 Å². The molecule has 1 aliphatic rings.